The average Bonchev–Trinajstić information content (AvgIpc) is 2.46. The molecule has 10 heteroatoms. The molecule has 0 amide bonds. The number of hydrogen-bond donors (Lipinski definition) is 0. The lowest BCUT2D eigenvalue weighted by atomic mass is 10.2. The van der Waals surface area contributed by atoms with Crippen LogP contribution in [0, 0.1) is 6.92 Å². The number of carbonyl (C=O) groups excluding carboxylic acids is 1. The Balaban J connectivity index is 2.13. The van der Waals surface area contributed by atoms with Crippen molar-refractivity contribution in [3.8, 4) is 5.75 Å². The Morgan fingerprint density at radius 3 is 2.38 bits per heavy atom. The zero-order chi connectivity index (χ0) is 15.7. The van der Waals surface area contributed by atoms with E-state index < -0.39 is 44.0 Å². The van der Waals surface area contributed by atoms with Crippen molar-refractivity contribution in [3.63, 3.8) is 0 Å². The highest BCUT2D eigenvalue weighted by Crippen LogP contribution is 2.17. The zero-order valence-corrected chi connectivity index (χ0v) is 12.5. The largest absolute Gasteiger partial charge is 0.425 e. The summed E-state index contributed by atoms with van der Waals surface area (Å²) in [6.45, 7) is 1.08. The number of carbonyl (C=O) groups is 1. The summed E-state index contributed by atoms with van der Waals surface area (Å²) < 4.78 is 59.0. The van der Waals surface area contributed by atoms with E-state index in [4.69, 9.17) is 4.74 Å². The number of benzene rings is 1. The van der Waals surface area contributed by atoms with Crippen LogP contribution in [0.5, 0.6) is 5.75 Å². The van der Waals surface area contributed by atoms with Gasteiger partial charge in [0, 0.05) is 0 Å². The second-order valence-electron chi connectivity index (χ2n) is 4.34. The molecule has 1 aromatic carbocycles. The molecule has 1 atom stereocenters. The van der Waals surface area contributed by atoms with Crippen molar-refractivity contribution < 1.29 is 34.7 Å². The summed E-state index contributed by atoms with van der Waals surface area (Å²) >= 11 is 0. The van der Waals surface area contributed by atoms with Gasteiger partial charge in [0.15, 0.2) is 6.10 Å². The van der Waals surface area contributed by atoms with Crippen molar-refractivity contribution in [2.24, 2.45) is 0 Å². The summed E-state index contributed by atoms with van der Waals surface area (Å²) in [6.07, 6.45) is -1.67. The van der Waals surface area contributed by atoms with Gasteiger partial charge < -0.3 is 4.74 Å². The van der Waals surface area contributed by atoms with Crippen molar-refractivity contribution in [1.29, 1.82) is 0 Å². The summed E-state index contributed by atoms with van der Waals surface area (Å²) in [7, 11) is -8.73. The molecule has 0 aliphatic carbocycles. The van der Waals surface area contributed by atoms with Crippen LogP contribution in [0.2, 0.25) is 0 Å². The number of rotatable bonds is 2. The third-order valence-corrected chi connectivity index (χ3v) is 5.78. The predicted octanol–water partition coefficient (Wildman–Crippen LogP) is -0.0671. The molecule has 1 aromatic rings. The highest BCUT2D eigenvalue weighted by atomic mass is 32.3. The fourth-order valence-corrected chi connectivity index (χ4v) is 4.23. The molecule has 2 rings (SSSR count). The molecule has 0 saturated carbocycles. The van der Waals surface area contributed by atoms with Crippen LogP contribution in [0.25, 0.3) is 0 Å². The molecular weight excluding hydrogens is 324 g/mol. The van der Waals surface area contributed by atoms with E-state index in [0.29, 0.717) is 0 Å². The molecule has 1 heterocycles. The Morgan fingerprint density at radius 1 is 1.14 bits per heavy atom. The SMILES string of the molecule is Cc1ccc(OC(=O)C2COS(=O)(=O)CS(=O)(=O)O2)cc1. The van der Waals surface area contributed by atoms with Gasteiger partial charge in [0.2, 0.25) is 5.08 Å². The molecule has 0 bridgehead atoms. The molecule has 116 valence electrons. The van der Waals surface area contributed by atoms with Gasteiger partial charge in [0.05, 0.1) is 0 Å². The van der Waals surface area contributed by atoms with Crippen LogP contribution >= 0.6 is 0 Å². The topological polar surface area (TPSA) is 113 Å². The second kappa shape index (κ2) is 5.72. The quantitative estimate of drug-likeness (QED) is 0.419. The maximum Gasteiger partial charge on any atom is 0.344 e. The van der Waals surface area contributed by atoms with E-state index >= 15 is 0 Å². The lowest BCUT2D eigenvalue weighted by Gasteiger charge is -2.12. The van der Waals surface area contributed by atoms with Crippen molar-refractivity contribution in [3.05, 3.63) is 29.8 Å². The first-order valence-corrected chi connectivity index (χ1v) is 8.89. The third kappa shape index (κ3) is 4.49. The molecule has 8 nitrogen and oxygen atoms in total. The number of ether oxygens (including phenoxy) is 1. The molecule has 1 fully saturated rings. The van der Waals surface area contributed by atoms with E-state index in [-0.39, 0.29) is 5.75 Å². The molecule has 0 N–H and O–H groups in total. The van der Waals surface area contributed by atoms with Gasteiger partial charge in [-0.05, 0) is 19.1 Å². The Labute approximate surface area is 121 Å². The standard InChI is InChI=1S/C11H12O8S2/c1-8-2-4-9(5-3-8)18-11(12)10-6-17-20(13,14)7-21(15,16)19-10/h2-5,10H,6-7H2,1H3. The van der Waals surface area contributed by atoms with Crippen LogP contribution in [0.3, 0.4) is 0 Å². The van der Waals surface area contributed by atoms with Crippen LogP contribution in [-0.4, -0.2) is 40.6 Å². The minimum Gasteiger partial charge on any atom is -0.425 e. The van der Waals surface area contributed by atoms with Gasteiger partial charge in [-0.15, -0.1) is 0 Å². The van der Waals surface area contributed by atoms with Gasteiger partial charge in [-0.1, -0.05) is 17.7 Å². The van der Waals surface area contributed by atoms with Gasteiger partial charge in [0.1, 0.15) is 12.4 Å². The Hall–Kier alpha value is -1.49. The molecule has 0 aromatic heterocycles. The summed E-state index contributed by atoms with van der Waals surface area (Å²) in [6, 6.07) is 6.40. The molecular formula is C11H12O8S2. The first-order chi connectivity index (χ1) is 9.67. The maximum absolute atomic E-state index is 11.8. The molecule has 1 aliphatic heterocycles. The van der Waals surface area contributed by atoms with Crippen molar-refractivity contribution in [2.75, 3.05) is 11.7 Å². The van der Waals surface area contributed by atoms with E-state index in [1.54, 1.807) is 12.1 Å². The predicted molar refractivity (Wildman–Crippen MR) is 70.3 cm³/mol. The lowest BCUT2D eigenvalue weighted by Crippen LogP contribution is -2.33. The molecule has 0 radical (unpaired) electrons. The summed E-state index contributed by atoms with van der Waals surface area (Å²) in [5.74, 6) is -0.877. The number of aryl methyl sites for hydroxylation is 1. The fourth-order valence-electron chi connectivity index (χ4n) is 1.50. The van der Waals surface area contributed by atoms with E-state index in [9.17, 15) is 21.6 Å². The van der Waals surface area contributed by atoms with E-state index in [1.165, 1.54) is 12.1 Å². The minimum atomic E-state index is -4.43. The summed E-state index contributed by atoms with van der Waals surface area (Å²) in [5.41, 5.74) is 0.942. The Kier molecular flexibility index (Phi) is 4.33. The van der Waals surface area contributed by atoms with Gasteiger partial charge >= 0.3 is 5.97 Å². The second-order valence-corrected chi connectivity index (χ2v) is 7.94. The smallest absolute Gasteiger partial charge is 0.344 e. The van der Waals surface area contributed by atoms with Crippen LogP contribution in [0.15, 0.2) is 24.3 Å². The molecule has 1 unspecified atom stereocenters. The van der Waals surface area contributed by atoms with Crippen LogP contribution in [0.4, 0.5) is 0 Å². The first kappa shape index (κ1) is 15.9. The zero-order valence-electron chi connectivity index (χ0n) is 10.9. The van der Waals surface area contributed by atoms with Gasteiger partial charge in [-0.3, -0.25) is 8.37 Å². The van der Waals surface area contributed by atoms with Crippen molar-refractivity contribution >= 4 is 26.2 Å². The molecule has 1 saturated heterocycles. The van der Waals surface area contributed by atoms with Crippen LogP contribution in [-0.2, 0) is 33.4 Å². The normalized spacial score (nSPS) is 24.0. The summed E-state index contributed by atoms with van der Waals surface area (Å²) in [5, 5.41) is -1.34. The Morgan fingerprint density at radius 2 is 1.76 bits per heavy atom. The van der Waals surface area contributed by atoms with Gasteiger partial charge in [0.25, 0.3) is 20.2 Å². The van der Waals surface area contributed by atoms with Crippen molar-refractivity contribution in [1.82, 2.24) is 0 Å². The van der Waals surface area contributed by atoms with Crippen LogP contribution < -0.4 is 4.74 Å². The molecule has 21 heavy (non-hydrogen) atoms. The fraction of sp³-hybridized carbons (Fsp3) is 0.364. The highest BCUT2D eigenvalue weighted by Gasteiger charge is 2.37. The van der Waals surface area contributed by atoms with E-state index in [0.717, 1.165) is 5.56 Å². The molecule has 0 spiro atoms. The molecule has 1 aliphatic rings. The minimum absolute atomic E-state index is 0.179. The first-order valence-electron chi connectivity index (χ1n) is 5.73. The van der Waals surface area contributed by atoms with Gasteiger partial charge in [-0.2, -0.15) is 16.8 Å². The van der Waals surface area contributed by atoms with Crippen LogP contribution in [0.1, 0.15) is 5.56 Å². The van der Waals surface area contributed by atoms with E-state index in [2.05, 4.69) is 8.37 Å². The number of hydrogen-bond acceptors (Lipinski definition) is 8. The highest BCUT2D eigenvalue weighted by molar-refractivity contribution is 8.03. The van der Waals surface area contributed by atoms with E-state index in [1.807, 2.05) is 6.92 Å². The van der Waals surface area contributed by atoms with Gasteiger partial charge in [-0.25, -0.2) is 4.79 Å². The monoisotopic (exact) mass is 336 g/mol. The maximum atomic E-state index is 11.8. The third-order valence-electron chi connectivity index (χ3n) is 2.45. The van der Waals surface area contributed by atoms with Crippen molar-refractivity contribution in [2.45, 2.75) is 13.0 Å². The summed E-state index contributed by atoms with van der Waals surface area (Å²) in [4.78, 5) is 11.8. The lowest BCUT2D eigenvalue weighted by molar-refractivity contribution is -0.143. The Bertz CT molecular complexity index is 733. The average molecular weight is 336 g/mol. The number of esters is 1.